The Morgan fingerprint density at radius 3 is 2.79 bits per heavy atom. The van der Waals surface area contributed by atoms with E-state index in [2.05, 4.69) is 0 Å². The Labute approximate surface area is 113 Å². The molecule has 0 aliphatic heterocycles. The second-order valence-electron chi connectivity index (χ2n) is 5.03. The second kappa shape index (κ2) is 5.93. The minimum absolute atomic E-state index is 0.00298. The van der Waals surface area contributed by atoms with Gasteiger partial charge >= 0.3 is 5.97 Å². The Morgan fingerprint density at radius 2 is 2.16 bits per heavy atom. The monoisotopic (exact) mass is 264 g/mol. The van der Waals surface area contributed by atoms with E-state index >= 15 is 0 Å². The predicted octanol–water partition coefficient (Wildman–Crippen LogP) is 1.88. The van der Waals surface area contributed by atoms with Crippen LogP contribution >= 0.6 is 0 Å². The first-order chi connectivity index (χ1) is 9.08. The summed E-state index contributed by atoms with van der Waals surface area (Å²) < 4.78 is 10.4. The summed E-state index contributed by atoms with van der Waals surface area (Å²) >= 11 is 0. The molecule has 0 heterocycles. The van der Waals surface area contributed by atoms with Crippen molar-refractivity contribution in [2.75, 3.05) is 38.1 Å². The average Bonchev–Trinajstić information content (AvgIpc) is 3.18. The molecule has 0 saturated heterocycles. The van der Waals surface area contributed by atoms with Crippen LogP contribution in [-0.2, 0) is 9.47 Å². The summed E-state index contributed by atoms with van der Waals surface area (Å²) in [7, 11) is 3.73. The Hall–Kier alpha value is -1.75. The molecule has 0 radical (unpaired) electrons. The molecule has 2 N–H and O–H groups in total. The van der Waals surface area contributed by atoms with Crippen LogP contribution in [0.5, 0.6) is 0 Å². The minimum Gasteiger partial charge on any atom is -0.435 e. The van der Waals surface area contributed by atoms with E-state index in [9.17, 15) is 4.79 Å². The van der Waals surface area contributed by atoms with Gasteiger partial charge in [-0.3, -0.25) is 0 Å². The summed E-state index contributed by atoms with van der Waals surface area (Å²) in [6.45, 7) is 0.668. The van der Waals surface area contributed by atoms with E-state index < -0.39 is 5.97 Å². The van der Waals surface area contributed by atoms with Gasteiger partial charge in [-0.05, 0) is 37.0 Å². The maximum atomic E-state index is 12.0. The summed E-state index contributed by atoms with van der Waals surface area (Å²) in [5.41, 5.74) is 7.49. The van der Waals surface area contributed by atoms with Crippen molar-refractivity contribution >= 4 is 17.3 Å². The number of nitrogens with two attached hydrogens (primary N) is 1. The lowest BCUT2D eigenvalue weighted by Crippen LogP contribution is -2.17. The molecular weight excluding hydrogens is 244 g/mol. The van der Waals surface area contributed by atoms with Gasteiger partial charge < -0.3 is 20.1 Å². The molecular formula is C14H20N2O3. The number of esters is 1. The maximum Gasteiger partial charge on any atom is 0.342 e. The van der Waals surface area contributed by atoms with Crippen molar-refractivity contribution in [2.24, 2.45) is 5.92 Å². The van der Waals surface area contributed by atoms with Crippen LogP contribution in [0.25, 0.3) is 0 Å². The molecule has 0 aromatic heterocycles. The number of benzene rings is 1. The van der Waals surface area contributed by atoms with E-state index in [1.807, 2.05) is 19.0 Å². The Kier molecular flexibility index (Phi) is 4.27. The van der Waals surface area contributed by atoms with Crippen molar-refractivity contribution in [3.63, 3.8) is 0 Å². The van der Waals surface area contributed by atoms with E-state index in [-0.39, 0.29) is 6.79 Å². The molecule has 1 fully saturated rings. The highest BCUT2D eigenvalue weighted by molar-refractivity contribution is 5.96. The van der Waals surface area contributed by atoms with Gasteiger partial charge in [0.05, 0.1) is 17.9 Å². The third-order valence-corrected chi connectivity index (χ3v) is 3.05. The zero-order valence-electron chi connectivity index (χ0n) is 11.4. The third-order valence-electron chi connectivity index (χ3n) is 3.05. The molecule has 1 aliphatic carbocycles. The summed E-state index contributed by atoms with van der Waals surface area (Å²) in [5.74, 6) is 0.246. The summed E-state index contributed by atoms with van der Waals surface area (Å²) in [6.07, 6.45) is 2.43. The van der Waals surface area contributed by atoms with Gasteiger partial charge in [0.2, 0.25) is 0 Å². The topological polar surface area (TPSA) is 64.8 Å². The number of carbonyl (C=O) groups is 1. The van der Waals surface area contributed by atoms with Gasteiger partial charge in [-0.15, -0.1) is 0 Å². The van der Waals surface area contributed by atoms with Crippen molar-refractivity contribution in [1.29, 1.82) is 0 Å². The second-order valence-corrected chi connectivity index (χ2v) is 5.03. The van der Waals surface area contributed by atoms with E-state index in [0.717, 1.165) is 5.69 Å². The predicted molar refractivity (Wildman–Crippen MR) is 74.1 cm³/mol. The van der Waals surface area contributed by atoms with E-state index in [1.165, 1.54) is 12.8 Å². The Bertz CT molecular complexity index is 456. The minimum atomic E-state index is -0.410. The average molecular weight is 264 g/mol. The molecule has 0 spiro atoms. The molecule has 0 unspecified atom stereocenters. The SMILES string of the molecule is CN(C)c1ccc(N)cc1C(=O)OCOCC1CC1. The van der Waals surface area contributed by atoms with Crippen LogP contribution in [0.2, 0.25) is 0 Å². The Balaban J connectivity index is 1.94. The standard InChI is InChI=1S/C14H20N2O3/c1-16(2)13-6-5-11(15)7-12(13)14(17)19-9-18-8-10-3-4-10/h5-7,10H,3-4,8-9,15H2,1-2H3. The third kappa shape index (κ3) is 3.86. The lowest BCUT2D eigenvalue weighted by Gasteiger charge is -2.17. The zero-order valence-corrected chi connectivity index (χ0v) is 11.4. The van der Waals surface area contributed by atoms with Gasteiger partial charge in [0.15, 0.2) is 6.79 Å². The smallest absolute Gasteiger partial charge is 0.342 e. The van der Waals surface area contributed by atoms with Crippen LogP contribution in [0, 0.1) is 5.92 Å². The van der Waals surface area contributed by atoms with Crippen LogP contribution in [0.3, 0.4) is 0 Å². The number of nitrogen functional groups attached to an aromatic ring is 1. The van der Waals surface area contributed by atoms with Gasteiger partial charge in [0.1, 0.15) is 0 Å². The maximum absolute atomic E-state index is 12.0. The fourth-order valence-electron chi connectivity index (χ4n) is 1.78. The van der Waals surface area contributed by atoms with Crippen molar-refractivity contribution in [2.45, 2.75) is 12.8 Å². The van der Waals surface area contributed by atoms with Gasteiger partial charge in [0, 0.05) is 19.8 Å². The number of nitrogens with zero attached hydrogens (tertiary/aromatic N) is 1. The fraction of sp³-hybridized carbons (Fsp3) is 0.500. The number of rotatable bonds is 6. The first-order valence-electron chi connectivity index (χ1n) is 6.39. The van der Waals surface area contributed by atoms with Crippen LogP contribution in [0.4, 0.5) is 11.4 Å². The highest BCUT2D eigenvalue weighted by Crippen LogP contribution is 2.28. The summed E-state index contributed by atoms with van der Waals surface area (Å²) in [4.78, 5) is 13.8. The van der Waals surface area contributed by atoms with Gasteiger partial charge in [-0.2, -0.15) is 0 Å². The quantitative estimate of drug-likeness (QED) is 0.368. The molecule has 1 saturated carbocycles. The lowest BCUT2D eigenvalue weighted by atomic mass is 10.1. The van der Waals surface area contributed by atoms with E-state index in [1.54, 1.807) is 18.2 Å². The number of hydrogen-bond donors (Lipinski definition) is 1. The van der Waals surface area contributed by atoms with Crippen LogP contribution in [0.15, 0.2) is 18.2 Å². The summed E-state index contributed by atoms with van der Waals surface area (Å²) in [5, 5.41) is 0. The molecule has 104 valence electrons. The molecule has 19 heavy (non-hydrogen) atoms. The normalized spacial score (nSPS) is 14.2. The lowest BCUT2D eigenvalue weighted by molar-refractivity contribution is -0.0344. The summed E-state index contributed by atoms with van der Waals surface area (Å²) in [6, 6.07) is 5.19. The molecule has 2 rings (SSSR count). The Morgan fingerprint density at radius 1 is 1.42 bits per heavy atom. The number of ether oxygens (including phenoxy) is 2. The van der Waals surface area contributed by atoms with Gasteiger partial charge in [0.25, 0.3) is 0 Å². The van der Waals surface area contributed by atoms with Crippen LogP contribution < -0.4 is 10.6 Å². The molecule has 1 aromatic rings. The van der Waals surface area contributed by atoms with Crippen molar-refractivity contribution in [3.8, 4) is 0 Å². The van der Waals surface area contributed by atoms with Crippen LogP contribution in [0.1, 0.15) is 23.2 Å². The molecule has 0 amide bonds. The van der Waals surface area contributed by atoms with Crippen molar-refractivity contribution in [1.82, 2.24) is 0 Å². The first kappa shape index (κ1) is 13.7. The van der Waals surface area contributed by atoms with Gasteiger partial charge in [-0.25, -0.2) is 4.79 Å². The highest BCUT2D eigenvalue weighted by Gasteiger charge is 2.21. The molecule has 5 nitrogen and oxygen atoms in total. The van der Waals surface area contributed by atoms with E-state index in [4.69, 9.17) is 15.2 Å². The molecule has 1 aromatic carbocycles. The van der Waals surface area contributed by atoms with E-state index in [0.29, 0.717) is 23.8 Å². The molecule has 0 bridgehead atoms. The molecule has 1 aliphatic rings. The zero-order chi connectivity index (χ0) is 13.8. The fourth-order valence-corrected chi connectivity index (χ4v) is 1.78. The number of anilines is 2. The molecule has 0 atom stereocenters. The van der Waals surface area contributed by atoms with Crippen LogP contribution in [-0.4, -0.2) is 33.5 Å². The van der Waals surface area contributed by atoms with Gasteiger partial charge in [-0.1, -0.05) is 0 Å². The first-order valence-corrected chi connectivity index (χ1v) is 6.39. The number of carbonyl (C=O) groups excluding carboxylic acids is 1. The molecule has 5 heteroatoms. The largest absolute Gasteiger partial charge is 0.435 e. The van der Waals surface area contributed by atoms with Crippen molar-refractivity contribution < 1.29 is 14.3 Å². The van der Waals surface area contributed by atoms with Crippen molar-refractivity contribution in [3.05, 3.63) is 23.8 Å². The number of hydrogen-bond acceptors (Lipinski definition) is 5. The highest BCUT2D eigenvalue weighted by atomic mass is 16.7.